The van der Waals surface area contributed by atoms with Gasteiger partial charge in [0.15, 0.2) is 31.5 Å². The number of thioether (sulfide) groups is 2. The van der Waals surface area contributed by atoms with Crippen molar-refractivity contribution in [3.8, 4) is 17.6 Å². The van der Waals surface area contributed by atoms with E-state index in [1.807, 2.05) is 13.0 Å². The van der Waals surface area contributed by atoms with Gasteiger partial charge in [0, 0.05) is 33.7 Å². The van der Waals surface area contributed by atoms with Crippen molar-refractivity contribution in [2.45, 2.75) is 62.7 Å². The van der Waals surface area contributed by atoms with Crippen LogP contribution in [0, 0.1) is 11.3 Å². The maximum absolute atomic E-state index is 14.2. The van der Waals surface area contributed by atoms with Crippen LogP contribution in [0.25, 0.3) is 0 Å². The third-order valence-corrected chi connectivity index (χ3v) is 8.33. The van der Waals surface area contributed by atoms with Gasteiger partial charge in [0.1, 0.15) is 0 Å². The zero-order chi connectivity index (χ0) is 25.3. The molecule has 9 nitrogen and oxygen atoms in total. The van der Waals surface area contributed by atoms with Crippen LogP contribution in [-0.4, -0.2) is 55.4 Å². The number of nitriles is 1. The van der Waals surface area contributed by atoms with E-state index in [-0.39, 0.29) is 29.9 Å². The summed E-state index contributed by atoms with van der Waals surface area (Å²) in [7, 11) is 1.46. The van der Waals surface area contributed by atoms with Gasteiger partial charge in [-0.3, -0.25) is 19.2 Å². The highest BCUT2D eigenvalue weighted by molar-refractivity contribution is 8.16. The molecule has 1 unspecified atom stereocenters. The Morgan fingerprint density at radius 1 is 1.15 bits per heavy atom. The highest BCUT2D eigenvalue weighted by Crippen LogP contribution is 2.51. The normalized spacial score (nSPS) is 24.7. The summed E-state index contributed by atoms with van der Waals surface area (Å²) in [6.07, 6.45) is 0.332. The molecular formula is C23H27N3O6S2. The van der Waals surface area contributed by atoms with E-state index in [2.05, 4.69) is 0 Å². The lowest BCUT2D eigenvalue weighted by molar-refractivity contribution is -0.168. The van der Waals surface area contributed by atoms with Crippen molar-refractivity contribution >= 4 is 45.6 Å². The van der Waals surface area contributed by atoms with Gasteiger partial charge < -0.3 is 19.3 Å². The fourth-order valence-electron chi connectivity index (χ4n) is 4.40. The van der Waals surface area contributed by atoms with Crippen LogP contribution in [0.4, 0.5) is 0 Å². The molecule has 2 amide bonds. The molecule has 0 aliphatic carbocycles. The Kier molecular flexibility index (Phi) is 7.53. The van der Waals surface area contributed by atoms with E-state index in [4.69, 9.17) is 9.47 Å². The van der Waals surface area contributed by atoms with Gasteiger partial charge in [0.25, 0.3) is 11.8 Å². The van der Waals surface area contributed by atoms with Gasteiger partial charge in [0.05, 0.1) is 12.1 Å². The van der Waals surface area contributed by atoms with E-state index in [0.29, 0.717) is 23.5 Å². The summed E-state index contributed by atoms with van der Waals surface area (Å²) in [5.74, 6) is 0.112. The lowest BCUT2D eigenvalue weighted by Gasteiger charge is -2.56. The second kappa shape index (κ2) is 9.88. The van der Waals surface area contributed by atoms with Crippen molar-refractivity contribution in [3.05, 3.63) is 23.8 Å². The molecule has 2 aliphatic heterocycles. The van der Waals surface area contributed by atoms with Gasteiger partial charge in [-0.05, 0) is 42.8 Å². The number of ether oxygens (including phenoxy) is 2. The number of hydrogen-bond donors (Lipinski definition) is 0. The minimum atomic E-state index is -1.64. The summed E-state index contributed by atoms with van der Waals surface area (Å²) in [5.41, 5.74) is 0.693. The summed E-state index contributed by atoms with van der Waals surface area (Å²) in [5, 5.41) is 8.65. The second-order valence-electron chi connectivity index (χ2n) is 8.19. The summed E-state index contributed by atoms with van der Waals surface area (Å²) in [6.45, 7) is 6.15. The van der Waals surface area contributed by atoms with Crippen LogP contribution in [0.15, 0.2) is 18.2 Å². The first-order valence-corrected chi connectivity index (χ1v) is 12.4. The fourth-order valence-corrected chi connectivity index (χ4v) is 6.57. The number of hydrogen-bond acceptors (Lipinski definition) is 9. The molecule has 34 heavy (non-hydrogen) atoms. The van der Waals surface area contributed by atoms with E-state index < -0.39 is 27.6 Å². The number of carbonyl (C=O) groups is 4. The Labute approximate surface area is 207 Å². The predicted molar refractivity (Wildman–Crippen MR) is 128 cm³/mol. The second-order valence-corrected chi connectivity index (χ2v) is 11.2. The zero-order valence-electron chi connectivity index (χ0n) is 19.7. The topological polar surface area (TPSA) is 117 Å². The maximum Gasteiger partial charge on any atom is 0.261 e. The van der Waals surface area contributed by atoms with Gasteiger partial charge in [-0.15, -0.1) is 0 Å². The number of piperazine rings is 1. The number of carbonyl (C=O) groups excluding carboxylic acids is 4. The molecule has 1 saturated heterocycles. The smallest absolute Gasteiger partial charge is 0.261 e. The largest absolute Gasteiger partial charge is 0.454 e. The minimum Gasteiger partial charge on any atom is -0.454 e. The molecule has 0 bridgehead atoms. The Bertz CT molecular complexity index is 1070. The zero-order valence-corrected chi connectivity index (χ0v) is 21.4. The van der Waals surface area contributed by atoms with E-state index in [9.17, 15) is 24.4 Å². The van der Waals surface area contributed by atoms with Crippen molar-refractivity contribution < 1.29 is 28.7 Å². The first-order chi connectivity index (χ1) is 16.0. The molecule has 3 atom stereocenters. The van der Waals surface area contributed by atoms with Crippen LogP contribution in [0.5, 0.6) is 11.5 Å². The van der Waals surface area contributed by atoms with E-state index in [0.717, 1.165) is 23.5 Å². The molecule has 0 aromatic heterocycles. The van der Waals surface area contributed by atoms with Crippen molar-refractivity contribution in [2.24, 2.45) is 0 Å². The van der Waals surface area contributed by atoms with Crippen molar-refractivity contribution in [1.82, 2.24) is 9.80 Å². The lowest BCUT2D eigenvalue weighted by atomic mass is 9.93. The van der Waals surface area contributed by atoms with Gasteiger partial charge in [-0.25, -0.2) is 0 Å². The molecule has 3 rings (SSSR count). The molecule has 0 spiro atoms. The Morgan fingerprint density at radius 3 is 2.38 bits per heavy atom. The predicted octanol–water partition coefficient (Wildman–Crippen LogP) is 3.44. The van der Waals surface area contributed by atoms with Crippen LogP contribution in [0.2, 0.25) is 0 Å². The molecule has 1 aromatic rings. The van der Waals surface area contributed by atoms with E-state index in [1.165, 1.54) is 37.6 Å². The Balaban J connectivity index is 2.24. The maximum atomic E-state index is 14.2. The van der Waals surface area contributed by atoms with Crippen LogP contribution < -0.4 is 9.47 Å². The average Bonchev–Trinajstić information content (AvgIpc) is 3.25. The van der Waals surface area contributed by atoms with Gasteiger partial charge in [-0.2, -0.15) is 5.26 Å². The van der Waals surface area contributed by atoms with Crippen molar-refractivity contribution in [3.63, 3.8) is 0 Å². The molecule has 1 fully saturated rings. The monoisotopic (exact) mass is 505 g/mol. The first kappa shape index (κ1) is 25.9. The molecule has 11 heteroatoms. The summed E-state index contributed by atoms with van der Waals surface area (Å²) >= 11 is 1.50. The number of nitrogens with zero attached hydrogens (tertiary/aromatic N) is 3. The van der Waals surface area contributed by atoms with Crippen LogP contribution in [-0.2, 0) is 19.2 Å². The molecule has 0 N–H and O–H groups in total. The van der Waals surface area contributed by atoms with Crippen molar-refractivity contribution in [2.75, 3.05) is 13.8 Å². The standard InChI is InChI=1S/C23H27N3O6S2/c1-6-17(16-8-9-18-19(12-16)32-13-31-18)26-20(29)22(4,33-14(2)27)25(5)21(30)23(26,10-7-11-24)34-15(3)28/h8-9,12,17H,6-7,10,13H2,1-5H3/t17?,22-,23-/m0/s1. The van der Waals surface area contributed by atoms with Gasteiger partial charge in [-0.1, -0.05) is 24.8 Å². The summed E-state index contributed by atoms with van der Waals surface area (Å²) in [4.78, 5) is 52.2. The average molecular weight is 506 g/mol. The summed E-state index contributed by atoms with van der Waals surface area (Å²) in [6, 6.07) is 6.70. The fraction of sp³-hybridized carbons (Fsp3) is 0.522. The third kappa shape index (κ3) is 4.36. The first-order valence-electron chi connectivity index (χ1n) is 10.8. The molecule has 1 aromatic carbocycles. The Morgan fingerprint density at radius 2 is 1.79 bits per heavy atom. The molecule has 2 heterocycles. The Hall–Kier alpha value is -2.71. The van der Waals surface area contributed by atoms with Gasteiger partial charge >= 0.3 is 0 Å². The third-order valence-electron chi connectivity index (χ3n) is 5.99. The molecular weight excluding hydrogens is 478 g/mol. The molecule has 182 valence electrons. The van der Waals surface area contributed by atoms with Crippen molar-refractivity contribution in [1.29, 1.82) is 5.26 Å². The quantitative estimate of drug-likeness (QED) is 0.549. The SMILES string of the molecule is CCC(c1ccc2c(c1)OCO2)N1C(=O)[C@](C)(SC(C)=O)N(C)C(=O)[C@]1(CCC#N)SC(C)=O. The molecule has 2 aliphatic rings. The lowest BCUT2D eigenvalue weighted by Crippen LogP contribution is -2.73. The summed E-state index contributed by atoms with van der Waals surface area (Å²) < 4.78 is 10.9. The van der Waals surface area contributed by atoms with Crippen LogP contribution in [0.1, 0.15) is 58.6 Å². The minimum absolute atomic E-state index is 0.0372. The van der Waals surface area contributed by atoms with E-state index >= 15 is 0 Å². The highest BCUT2D eigenvalue weighted by atomic mass is 32.2. The number of fused-ring (bicyclic) bond motifs is 1. The number of rotatable bonds is 7. The van der Waals surface area contributed by atoms with Crippen LogP contribution >= 0.6 is 23.5 Å². The molecule has 0 saturated carbocycles. The van der Waals surface area contributed by atoms with E-state index in [1.54, 1.807) is 18.2 Å². The number of amides is 2. The molecule has 0 radical (unpaired) electrons. The van der Waals surface area contributed by atoms with Gasteiger partial charge in [0.2, 0.25) is 6.79 Å². The number of benzene rings is 1. The number of likely N-dealkylation sites (N-methyl/N-ethyl adjacent to an activating group) is 1. The van der Waals surface area contributed by atoms with Crippen LogP contribution in [0.3, 0.4) is 0 Å². The highest BCUT2D eigenvalue weighted by Gasteiger charge is 2.63.